The third-order valence-corrected chi connectivity index (χ3v) is 3.57. The highest BCUT2D eigenvalue weighted by molar-refractivity contribution is 5.76. The van der Waals surface area contributed by atoms with Crippen LogP contribution in [0.2, 0.25) is 0 Å². The van der Waals surface area contributed by atoms with Crippen molar-refractivity contribution in [1.29, 1.82) is 0 Å². The molecule has 0 aliphatic rings. The zero-order valence-corrected chi connectivity index (χ0v) is 12.7. The first-order valence-electron chi connectivity index (χ1n) is 7.34. The number of nitrogens with zero attached hydrogens (tertiary/aromatic N) is 2. The second-order valence-corrected chi connectivity index (χ2v) is 5.38. The van der Waals surface area contributed by atoms with Crippen molar-refractivity contribution in [3.8, 4) is 0 Å². The second-order valence-electron chi connectivity index (χ2n) is 5.38. The number of benzene rings is 1. The first-order valence-corrected chi connectivity index (χ1v) is 7.34. The Kier molecular flexibility index (Phi) is 5.50. The van der Waals surface area contributed by atoms with Crippen molar-refractivity contribution < 1.29 is 4.79 Å². The minimum atomic E-state index is 0.187. The Hall–Kier alpha value is -2.16. The molecule has 0 fully saturated rings. The van der Waals surface area contributed by atoms with Crippen LogP contribution in [0.1, 0.15) is 23.2 Å². The Bertz CT molecular complexity index is 581. The molecule has 3 nitrogen and oxygen atoms in total. The monoisotopic (exact) mass is 282 g/mol. The van der Waals surface area contributed by atoms with E-state index in [0.29, 0.717) is 13.0 Å². The van der Waals surface area contributed by atoms with Gasteiger partial charge in [-0.1, -0.05) is 35.9 Å². The highest BCUT2D eigenvalue weighted by Crippen LogP contribution is 2.08. The molecule has 0 radical (unpaired) electrons. The van der Waals surface area contributed by atoms with Crippen LogP contribution in [0.25, 0.3) is 0 Å². The Labute approximate surface area is 126 Å². The van der Waals surface area contributed by atoms with Gasteiger partial charge in [0.1, 0.15) is 0 Å². The second kappa shape index (κ2) is 7.58. The fraction of sp³-hybridized carbons (Fsp3) is 0.333. The summed E-state index contributed by atoms with van der Waals surface area (Å²) >= 11 is 0. The lowest BCUT2D eigenvalue weighted by Crippen LogP contribution is -2.29. The molecule has 1 aromatic carbocycles. The number of aryl methyl sites for hydroxylation is 2. The number of carbonyl (C=O) groups excluding carboxylic acids is 1. The van der Waals surface area contributed by atoms with E-state index >= 15 is 0 Å². The maximum Gasteiger partial charge on any atom is 0.222 e. The summed E-state index contributed by atoms with van der Waals surface area (Å²) in [6, 6.07) is 14.2. The van der Waals surface area contributed by atoms with Crippen molar-refractivity contribution in [3.05, 3.63) is 65.5 Å². The Morgan fingerprint density at radius 1 is 1.14 bits per heavy atom. The zero-order chi connectivity index (χ0) is 15.1. The molecule has 2 rings (SSSR count). The highest BCUT2D eigenvalue weighted by Gasteiger charge is 2.09. The molecule has 0 saturated heterocycles. The molecule has 0 aliphatic carbocycles. The van der Waals surface area contributed by atoms with E-state index in [4.69, 9.17) is 0 Å². The van der Waals surface area contributed by atoms with Gasteiger partial charge in [0.2, 0.25) is 5.91 Å². The SMILES string of the molecule is Cc1cccc(CCC(=O)N(C)CCc2ccccn2)c1. The maximum absolute atomic E-state index is 12.1. The summed E-state index contributed by atoms with van der Waals surface area (Å²) in [4.78, 5) is 18.2. The zero-order valence-electron chi connectivity index (χ0n) is 12.7. The Morgan fingerprint density at radius 2 is 2.00 bits per heavy atom. The van der Waals surface area contributed by atoms with E-state index < -0.39 is 0 Å². The van der Waals surface area contributed by atoms with Gasteiger partial charge in [-0.3, -0.25) is 9.78 Å². The topological polar surface area (TPSA) is 33.2 Å². The van der Waals surface area contributed by atoms with Gasteiger partial charge in [0.15, 0.2) is 0 Å². The smallest absolute Gasteiger partial charge is 0.222 e. The average molecular weight is 282 g/mol. The van der Waals surface area contributed by atoms with E-state index in [0.717, 1.165) is 18.5 Å². The van der Waals surface area contributed by atoms with Crippen LogP contribution in [0.5, 0.6) is 0 Å². The molecule has 0 N–H and O–H groups in total. The van der Waals surface area contributed by atoms with Crippen LogP contribution >= 0.6 is 0 Å². The van der Waals surface area contributed by atoms with Crippen molar-refractivity contribution in [2.45, 2.75) is 26.2 Å². The van der Waals surface area contributed by atoms with E-state index in [-0.39, 0.29) is 5.91 Å². The van der Waals surface area contributed by atoms with Crippen LogP contribution in [-0.4, -0.2) is 29.4 Å². The van der Waals surface area contributed by atoms with E-state index in [1.54, 1.807) is 11.1 Å². The molecule has 0 unspecified atom stereocenters. The number of pyridine rings is 1. The predicted octanol–water partition coefficient (Wildman–Crippen LogP) is 3.02. The van der Waals surface area contributed by atoms with E-state index in [1.165, 1.54) is 11.1 Å². The van der Waals surface area contributed by atoms with Gasteiger partial charge in [-0.15, -0.1) is 0 Å². The van der Waals surface area contributed by atoms with Gasteiger partial charge >= 0.3 is 0 Å². The van der Waals surface area contributed by atoms with Gasteiger partial charge in [-0.05, 0) is 31.0 Å². The third kappa shape index (κ3) is 5.03. The van der Waals surface area contributed by atoms with E-state index in [1.807, 2.05) is 31.3 Å². The molecule has 0 aliphatic heterocycles. The Balaban J connectivity index is 1.77. The third-order valence-electron chi connectivity index (χ3n) is 3.57. The summed E-state index contributed by atoms with van der Waals surface area (Å²) < 4.78 is 0. The van der Waals surface area contributed by atoms with Crippen molar-refractivity contribution in [2.75, 3.05) is 13.6 Å². The van der Waals surface area contributed by atoms with Crippen LogP contribution < -0.4 is 0 Å². The molecule has 21 heavy (non-hydrogen) atoms. The molecular weight excluding hydrogens is 260 g/mol. The lowest BCUT2D eigenvalue weighted by molar-refractivity contribution is -0.129. The number of hydrogen-bond donors (Lipinski definition) is 0. The minimum absolute atomic E-state index is 0.187. The van der Waals surface area contributed by atoms with Gasteiger partial charge in [0.25, 0.3) is 0 Å². The molecule has 2 aromatic rings. The maximum atomic E-state index is 12.1. The van der Waals surface area contributed by atoms with E-state index in [9.17, 15) is 4.79 Å². The van der Waals surface area contributed by atoms with Gasteiger partial charge in [-0.25, -0.2) is 0 Å². The standard InChI is InChI=1S/C18H22N2O/c1-15-6-5-7-16(14-15)9-10-18(21)20(2)13-11-17-8-3-4-12-19-17/h3-8,12,14H,9-11,13H2,1-2H3. The molecule has 0 atom stereocenters. The van der Waals surface area contributed by atoms with Crippen LogP contribution in [0.4, 0.5) is 0 Å². The van der Waals surface area contributed by atoms with Crippen molar-refractivity contribution in [3.63, 3.8) is 0 Å². The number of hydrogen-bond acceptors (Lipinski definition) is 2. The fourth-order valence-electron chi connectivity index (χ4n) is 2.26. The van der Waals surface area contributed by atoms with Crippen molar-refractivity contribution in [2.24, 2.45) is 0 Å². The number of likely N-dealkylation sites (N-methyl/N-ethyl adjacent to an activating group) is 1. The number of rotatable bonds is 6. The quantitative estimate of drug-likeness (QED) is 0.816. The fourth-order valence-corrected chi connectivity index (χ4v) is 2.26. The van der Waals surface area contributed by atoms with Crippen molar-refractivity contribution in [1.82, 2.24) is 9.88 Å². The molecule has 1 aromatic heterocycles. The molecule has 0 saturated carbocycles. The summed E-state index contributed by atoms with van der Waals surface area (Å²) in [7, 11) is 1.86. The van der Waals surface area contributed by atoms with Gasteiger partial charge < -0.3 is 4.90 Å². The summed E-state index contributed by atoms with van der Waals surface area (Å²) in [6.07, 6.45) is 3.94. The van der Waals surface area contributed by atoms with Crippen LogP contribution in [-0.2, 0) is 17.6 Å². The van der Waals surface area contributed by atoms with Crippen LogP contribution in [0.15, 0.2) is 48.7 Å². The molecule has 1 heterocycles. The number of amides is 1. The van der Waals surface area contributed by atoms with Crippen LogP contribution in [0.3, 0.4) is 0 Å². The summed E-state index contributed by atoms with van der Waals surface area (Å²) in [5.74, 6) is 0.187. The normalized spacial score (nSPS) is 10.4. The van der Waals surface area contributed by atoms with Crippen LogP contribution in [0, 0.1) is 6.92 Å². The van der Waals surface area contributed by atoms with Crippen molar-refractivity contribution >= 4 is 5.91 Å². The highest BCUT2D eigenvalue weighted by atomic mass is 16.2. The molecule has 1 amide bonds. The summed E-state index contributed by atoms with van der Waals surface area (Å²) in [5.41, 5.74) is 3.49. The number of carbonyl (C=O) groups is 1. The minimum Gasteiger partial charge on any atom is -0.345 e. The molecule has 0 spiro atoms. The van der Waals surface area contributed by atoms with Gasteiger partial charge in [0, 0.05) is 38.3 Å². The summed E-state index contributed by atoms with van der Waals surface area (Å²) in [5, 5.41) is 0. The van der Waals surface area contributed by atoms with Gasteiger partial charge in [-0.2, -0.15) is 0 Å². The lowest BCUT2D eigenvalue weighted by atomic mass is 10.1. The van der Waals surface area contributed by atoms with Gasteiger partial charge in [0.05, 0.1) is 0 Å². The molecular formula is C18H22N2O. The number of aromatic nitrogens is 1. The first kappa shape index (κ1) is 15.2. The molecule has 3 heteroatoms. The lowest BCUT2D eigenvalue weighted by Gasteiger charge is -2.17. The Morgan fingerprint density at radius 3 is 2.71 bits per heavy atom. The largest absolute Gasteiger partial charge is 0.345 e. The molecule has 110 valence electrons. The first-order chi connectivity index (χ1) is 10.1. The van der Waals surface area contributed by atoms with E-state index in [2.05, 4.69) is 30.1 Å². The predicted molar refractivity (Wildman–Crippen MR) is 85.1 cm³/mol. The molecule has 0 bridgehead atoms. The average Bonchev–Trinajstić information content (AvgIpc) is 2.51. The summed E-state index contributed by atoms with van der Waals surface area (Å²) in [6.45, 7) is 2.79.